The molecule has 0 fully saturated rings. The lowest BCUT2D eigenvalue weighted by molar-refractivity contribution is 0.601. The molecule has 0 amide bonds. The average Bonchev–Trinajstić information content (AvgIpc) is 2.72. The predicted molar refractivity (Wildman–Crippen MR) is 88.1 cm³/mol. The van der Waals surface area contributed by atoms with Crippen molar-refractivity contribution in [1.29, 1.82) is 0 Å². The monoisotopic (exact) mass is 373 g/mol. The smallest absolute Gasteiger partial charge is 0.263 e. The molecule has 0 radical (unpaired) electrons. The van der Waals surface area contributed by atoms with Crippen molar-refractivity contribution in [3.05, 3.63) is 44.1 Å². The number of rotatable bonds is 4. The van der Waals surface area contributed by atoms with E-state index in [0.717, 1.165) is 26.2 Å². The molecule has 0 saturated heterocycles. The lowest BCUT2D eigenvalue weighted by atomic mass is 10.1. The van der Waals surface area contributed by atoms with Gasteiger partial charge < -0.3 is 0 Å². The first-order valence-corrected chi connectivity index (χ1v) is 9.31. The summed E-state index contributed by atoms with van der Waals surface area (Å²) in [5, 5.41) is 0. The van der Waals surface area contributed by atoms with Gasteiger partial charge in [0.05, 0.1) is 9.47 Å². The van der Waals surface area contributed by atoms with Crippen LogP contribution in [0.25, 0.3) is 0 Å². The second-order valence-electron chi connectivity index (χ2n) is 4.54. The highest BCUT2D eigenvalue weighted by atomic mass is 79.9. The largest absolute Gasteiger partial charge is 0.279 e. The third-order valence-electron chi connectivity index (χ3n) is 3.11. The molecule has 2 aromatic rings. The number of nitrogens with one attached hydrogen (secondary N) is 1. The zero-order valence-corrected chi connectivity index (χ0v) is 14.7. The second-order valence-corrected chi connectivity index (χ2v) is 8.83. The molecule has 1 aromatic heterocycles. The predicted octanol–water partition coefficient (Wildman–Crippen LogP) is 4.49. The van der Waals surface area contributed by atoms with E-state index in [0.29, 0.717) is 10.6 Å². The van der Waals surface area contributed by atoms with Gasteiger partial charge in [0.1, 0.15) is 4.90 Å². The van der Waals surface area contributed by atoms with Gasteiger partial charge in [0.25, 0.3) is 10.0 Å². The second kappa shape index (κ2) is 5.87. The summed E-state index contributed by atoms with van der Waals surface area (Å²) in [7, 11) is -3.55. The first-order chi connectivity index (χ1) is 9.35. The van der Waals surface area contributed by atoms with E-state index in [9.17, 15) is 8.42 Å². The summed E-state index contributed by atoms with van der Waals surface area (Å²) < 4.78 is 28.6. The van der Waals surface area contributed by atoms with Crippen LogP contribution in [0.2, 0.25) is 0 Å². The maximum absolute atomic E-state index is 12.5. The topological polar surface area (TPSA) is 46.2 Å². The third kappa shape index (κ3) is 3.07. The Hall–Kier alpha value is -0.850. The SMILES string of the molecule is CCc1cccc(C)c1NS(=O)(=O)c1cc(Br)sc1C. The van der Waals surface area contributed by atoms with Gasteiger partial charge in [0, 0.05) is 4.88 Å². The molecule has 0 saturated carbocycles. The maximum Gasteiger partial charge on any atom is 0.263 e. The maximum atomic E-state index is 12.5. The highest BCUT2D eigenvalue weighted by molar-refractivity contribution is 9.11. The van der Waals surface area contributed by atoms with Gasteiger partial charge in [-0.05, 0) is 53.4 Å². The van der Waals surface area contributed by atoms with Crippen LogP contribution in [0.1, 0.15) is 22.9 Å². The normalized spacial score (nSPS) is 11.6. The number of aryl methyl sites for hydroxylation is 3. The molecule has 0 spiro atoms. The van der Waals surface area contributed by atoms with Crippen molar-refractivity contribution in [2.45, 2.75) is 32.1 Å². The average molecular weight is 374 g/mol. The van der Waals surface area contributed by atoms with E-state index in [4.69, 9.17) is 0 Å². The molecular weight excluding hydrogens is 358 g/mol. The lowest BCUT2D eigenvalue weighted by Gasteiger charge is -2.14. The van der Waals surface area contributed by atoms with Gasteiger partial charge in [-0.25, -0.2) is 8.42 Å². The van der Waals surface area contributed by atoms with Crippen LogP contribution in [0.4, 0.5) is 5.69 Å². The Morgan fingerprint density at radius 1 is 1.30 bits per heavy atom. The van der Waals surface area contributed by atoms with Crippen LogP contribution in [0.3, 0.4) is 0 Å². The molecule has 3 nitrogen and oxygen atoms in total. The molecule has 1 aromatic carbocycles. The number of benzene rings is 1. The number of halogens is 1. The summed E-state index contributed by atoms with van der Waals surface area (Å²) in [6.07, 6.45) is 0.784. The Balaban J connectivity index is 2.46. The van der Waals surface area contributed by atoms with Crippen molar-refractivity contribution in [2.24, 2.45) is 0 Å². The van der Waals surface area contributed by atoms with Crippen LogP contribution in [-0.4, -0.2) is 8.42 Å². The summed E-state index contributed by atoms with van der Waals surface area (Å²) in [5.41, 5.74) is 2.62. The van der Waals surface area contributed by atoms with Crippen molar-refractivity contribution in [3.8, 4) is 0 Å². The summed E-state index contributed by atoms with van der Waals surface area (Å²) >= 11 is 4.75. The van der Waals surface area contributed by atoms with Gasteiger partial charge in [-0.15, -0.1) is 11.3 Å². The zero-order valence-electron chi connectivity index (χ0n) is 11.5. The Morgan fingerprint density at radius 3 is 2.55 bits per heavy atom. The third-order valence-corrected chi connectivity index (χ3v) is 6.27. The molecule has 0 aliphatic rings. The molecule has 0 aliphatic carbocycles. The summed E-state index contributed by atoms with van der Waals surface area (Å²) in [4.78, 5) is 1.11. The fourth-order valence-electron chi connectivity index (χ4n) is 2.06. The van der Waals surface area contributed by atoms with Crippen molar-refractivity contribution >= 4 is 43.0 Å². The quantitative estimate of drug-likeness (QED) is 0.857. The number of thiophene rings is 1. The van der Waals surface area contributed by atoms with Crippen molar-refractivity contribution in [3.63, 3.8) is 0 Å². The minimum atomic E-state index is -3.55. The van der Waals surface area contributed by atoms with Gasteiger partial charge in [-0.2, -0.15) is 0 Å². The fraction of sp³-hybridized carbons (Fsp3) is 0.286. The van der Waals surface area contributed by atoms with E-state index < -0.39 is 10.0 Å². The van der Waals surface area contributed by atoms with Gasteiger partial charge in [-0.3, -0.25) is 4.72 Å². The van der Waals surface area contributed by atoms with Crippen molar-refractivity contribution < 1.29 is 8.42 Å². The van der Waals surface area contributed by atoms with E-state index in [1.807, 2.05) is 39.0 Å². The lowest BCUT2D eigenvalue weighted by Crippen LogP contribution is -2.15. The van der Waals surface area contributed by atoms with Crippen LogP contribution in [0, 0.1) is 13.8 Å². The molecule has 1 N–H and O–H groups in total. The van der Waals surface area contributed by atoms with Crippen molar-refractivity contribution in [2.75, 3.05) is 4.72 Å². The van der Waals surface area contributed by atoms with Crippen LogP contribution >= 0.6 is 27.3 Å². The fourth-order valence-corrected chi connectivity index (χ4v) is 5.64. The number of anilines is 1. The first-order valence-electron chi connectivity index (χ1n) is 6.22. The highest BCUT2D eigenvalue weighted by Gasteiger charge is 2.21. The van der Waals surface area contributed by atoms with Gasteiger partial charge in [0.15, 0.2) is 0 Å². The van der Waals surface area contributed by atoms with Gasteiger partial charge in [-0.1, -0.05) is 25.1 Å². The molecule has 6 heteroatoms. The van der Waals surface area contributed by atoms with E-state index in [1.165, 1.54) is 11.3 Å². The van der Waals surface area contributed by atoms with E-state index in [1.54, 1.807) is 6.07 Å². The Labute approximate surface area is 132 Å². The molecule has 20 heavy (non-hydrogen) atoms. The Morgan fingerprint density at radius 2 is 2.00 bits per heavy atom. The van der Waals surface area contributed by atoms with E-state index >= 15 is 0 Å². The van der Waals surface area contributed by atoms with Gasteiger partial charge >= 0.3 is 0 Å². The molecule has 2 rings (SSSR count). The zero-order chi connectivity index (χ0) is 14.9. The molecule has 108 valence electrons. The van der Waals surface area contributed by atoms with Crippen LogP contribution in [0.15, 0.2) is 32.9 Å². The number of hydrogen-bond acceptors (Lipinski definition) is 3. The van der Waals surface area contributed by atoms with Crippen LogP contribution < -0.4 is 4.72 Å². The summed E-state index contributed by atoms with van der Waals surface area (Å²) in [6.45, 7) is 5.73. The summed E-state index contributed by atoms with van der Waals surface area (Å²) in [5.74, 6) is 0. The van der Waals surface area contributed by atoms with E-state index in [-0.39, 0.29) is 0 Å². The van der Waals surface area contributed by atoms with E-state index in [2.05, 4.69) is 20.7 Å². The van der Waals surface area contributed by atoms with Crippen LogP contribution in [0.5, 0.6) is 0 Å². The Bertz CT molecular complexity index is 736. The van der Waals surface area contributed by atoms with Gasteiger partial charge in [0.2, 0.25) is 0 Å². The standard InChI is InChI=1S/C14H16BrNO2S2/c1-4-11-7-5-6-9(2)14(11)16-20(17,18)12-8-13(15)19-10(12)3/h5-8,16H,4H2,1-3H3. The number of sulfonamides is 1. The molecular formula is C14H16BrNO2S2. The molecule has 1 heterocycles. The Kier molecular flexibility index (Phi) is 4.56. The minimum Gasteiger partial charge on any atom is -0.279 e. The molecule has 0 aliphatic heterocycles. The molecule has 0 bridgehead atoms. The first kappa shape index (κ1) is 15.5. The van der Waals surface area contributed by atoms with Crippen LogP contribution in [-0.2, 0) is 16.4 Å². The van der Waals surface area contributed by atoms with Crippen molar-refractivity contribution in [1.82, 2.24) is 0 Å². The highest BCUT2D eigenvalue weighted by Crippen LogP contribution is 2.32. The number of para-hydroxylation sites is 1. The number of hydrogen-bond donors (Lipinski definition) is 1. The molecule has 0 atom stereocenters. The molecule has 0 unspecified atom stereocenters. The summed E-state index contributed by atoms with van der Waals surface area (Å²) in [6, 6.07) is 7.44. The minimum absolute atomic E-state index is 0.333.